The molecule has 1 aromatic rings. The molecule has 1 unspecified atom stereocenters. The van der Waals surface area contributed by atoms with Crippen LogP contribution in [0.2, 0.25) is 0 Å². The lowest BCUT2D eigenvalue weighted by Gasteiger charge is -2.19. The molecule has 0 saturated heterocycles. The second kappa shape index (κ2) is 4.94. The number of aliphatic hydroxyl groups is 1. The second-order valence-corrected chi connectivity index (χ2v) is 4.88. The SMILES string of the molecule is O=C(NC(O)C(Cl)(Cl)Cl)c1cnccn1. The van der Waals surface area contributed by atoms with Gasteiger partial charge in [0.15, 0.2) is 6.23 Å². The Balaban J connectivity index is 2.65. The molecule has 8 heteroatoms. The Labute approximate surface area is 100 Å². The molecule has 0 radical (unpaired) electrons. The standard InChI is InChI=1S/C7H6Cl3N3O2/c8-7(9,10)6(15)13-5(14)4-3-11-1-2-12-4/h1-3,6,15H,(H,13,14). The van der Waals surface area contributed by atoms with Crippen molar-refractivity contribution in [2.75, 3.05) is 0 Å². The van der Waals surface area contributed by atoms with Crippen LogP contribution >= 0.6 is 34.8 Å². The van der Waals surface area contributed by atoms with Crippen LogP contribution in [0.5, 0.6) is 0 Å². The van der Waals surface area contributed by atoms with E-state index in [1.807, 2.05) is 0 Å². The molecule has 0 saturated carbocycles. The largest absolute Gasteiger partial charge is 0.369 e. The van der Waals surface area contributed by atoms with Crippen molar-refractivity contribution in [2.24, 2.45) is 0 Å². The van der Waals surface area contributed by atoms with Gasteiger partial charge in [-0.2, -0.15) is 0 Å². The van der Waals surface area contributed by atoms with Gasteiger partial charge in [0.25, 0.3) is 5.91 Å². The van der Waals surface area contributed by atoms with Crippen molar-refractivity contribution in [3.05, 3.63) is 24.3 Å². The molecule has 0 aliphatic carbocycles. The van der Waals surface area contributed by atoms with Crippen LogP contribution in [0.15, 0.2) is 18.6 Å². The number of amides is 1. The van der Waals surface area contributed by atoms with Crippen LogP contribution < -0.4 is 5.32 Å². The van der Waals surface area contributed by atoms with Crippen LogP contribution in [0.1, 0.15) is 10.5 Å². The van der Waals surface area contributed by atoms with Crippen molar-refractivity contribution in [3.8, 4) is 0 Å². The maximum Gasteiger partial charge on any atom is 0.273 e. The summed E-state index contributed by atoms with van der Waals surface area (Å²) >= 11 is 16.0. The minimum atomic E-state index is -1.99. The first-order chi connectivity index (χ1) is 6.91. The molecule has 82 valence electrons. The molecule has 0 aromatic carbocycles. The minimum absolute atomic E-state index is 0.0193. The van der Waals surface area contributed by atoms with Gasteiger partial charge in [-0.25, -0.2) is 4.98 Å². The molecule has 0 aliphatic rings. The number of nitrogens with zero attached hydrogens (tertiary/aromatic N) is 2. The van der Waals surface area contributed by atoms with Crippen molar-refractivity contribution in [3.63, 3.8) is 0 Å². The van der Waals surface area contributed by atoms with Crippen LogP contribution in [-0.4, -0.2) is 31.0 Å². The maximum absolute atomic E-state index is 11.4. The van der Waals surface area contributed by atoms with E-state index in [0.29, 0.717) is 0 Å². The van der Waals surface area contributed by atoms with Crippen molar-refractivity contribution in [1.29, 1.82) is 0 Å². The fourth-order valence-electron chi connectivity index (χ4n) is 0.696. The minimum Gasteiger partial charge on any atom is -0.369 e. The molecule has 1 atom stereocenters. The number of carbonyl (C=O) groups excluding carboxylic acids is 1. The van der Waals surface area contributed by atoms with Crippen molar-refractivity contribution < 1.29 is 9.90 Å². The quantitative estimate of drug-likeness (QED) is 0.618. The van der Waals surface area contributed by atoms with Gasteiger partial charge in [-0.05, 0) is 0 Å². The van der Waals surface area contributed by atoms with Crippen LogP contribution in [0, 0.1) is 0 Å². The predicted molar refractivity (Wildman–Crippen MR) is 55.8 cm³/mol. The van der Waals surface area contributed by atoms with E-state index in [1.165, 1.54) is 18.6 Å². The zero-order chi connectivity index (χ0) is 11.5. The third-order valence-corrected chi connectivity index (χ3v) is 1.99. The number of aromatic nitrogens is 2. The van der Waals surface area contributed by atoms with Gasteiger partial charge in [-0.1, -0.05) is 34.8 Å². The number of nitrogens with one attached hydrogen (secondary N) is 1. The van der Waals surface area contributed by atoms with Gasteiger partial charge < -0.3 is 10.4 Å². The summed E-state index contributed by atoms with van der Waals surface area (Å²) in [5, 5.41) is 11.3. The zero-order valence-corrected chi connectivity index (χ0v) is 9.46. The van der Waals surface area contributed by atoms with E-state index in [4.69, 9.17) is 34.8 Å². The zero-order valence-electron chi connectivity index (χ0n) is 7.19. The molecule has 0 aliphatic heterocycles. The molecule has 1 heterocycles. The average Bonchev–Trinajstić information content (AvgIpc) is 2.17. The Kier molecular flexibility index (Phi) is 4.10. The highest BCUT2D eigenvalue weighted by molar-refractivity contribution is 6.68. The Hall–Kier alpha value is -0.620. The number of alkyl halides is 3. The summed E-state index contributed by atoms with van der Waals surface area (Å²) in [6.45, 7) is 0. The molecular formula is C7H6Cl3N3O2. The highest BCUT2D eigenvalue weighted by atomic mass is 35.6. The summed E-state index contributed by atoms with van der Waals surface area (Å²) < 4.78 is -1.99. The maximum atomic E-state index is 11.4. The molecule has 0 spiro atoms. The van der Waals surface area contributed by atoms with Crippen molar-refractivity contribution in [2.45, 2.75) is 10.0 Å². The Morgan fingerprint density at radius 1 is 1.47 bits per heavy atom. The first kappa shape index (κ1) is 12.4. The van der Waals surface area contributed by atoms with Gasteiger partial charge in [0.05, 0.1) is 6.20 Å². The molecule has 1 rings (SSSR count). The Bertz CT molecular complexity index is 341. The highest BCUT2D eigenvalue weighted by Gasteiger charge is 2.32. The van der Waals surface area contributed by atoms with Crippen LogP contribution in [0.4, 0.5) is 0 Å². The number of rotatable bonds is 2. The summed E-state index contributed by atoms with van der Waals surface area (Å²) in [7, 11) is 0. The fraction of sp³-hybridized carbons (Fsp3) is 0.286. The molecular weight excluding hydrogens is 264 g/mol. The molecule has 0 bridgehead atoms. The third kappa shape index (κ3) is 3.79. The van der Waals surface area contributed by atoms with Crippen molar-refractivity contribution >= 4 is 40.7 Å². The number of hydrogen-bond donors (Lipinski definition) is 2. The molecule has 15 heavy (non-hydrogen) atoms. The summed E-state index contributed by atoms with van der Waals surface area (Å²) in [6, 6.07) is 0. The van der Waals surface area contributed by atoms with Gasteiger partial charge in [0.2, 0.25) is 3.79 Å². The lowest BCUT2D eigenvalue weighted by Crippen LogP contribution is -2.43. The van der Waals surface area contributed by atoms with E-state index >= 15 is 0 Å². The molecule has 2 N–H and O–H groups in total. The highest BCUT2D eigenvalue weighted by Crippen LogP contribution is 2.28. The number of carbonyl (C=O) groups is 1. The summed E-state index contributed by atoms with van der Waals surface area (Å²) in [4.78, 5) is 18.7. The van der Waals surface area contributed by atoms with E-state index in [-0.39, 0.29) is 5.69 Å². The van der Waals surface area contributed by atoms with E-state index in [9.17, 15) is 9.90 Å². The normalized spacial score (nSPS) is 13.3. The van der Waals surface area contributed by atoms with Crippen LogP contribution in [-0.2, 0) is 0 Å². The lowest BCUT2D eigenvalue weighted by atomic mass is 10.4. The molecule has 5 nitrogen and oxygen atoms in total. The third-order valence-electron chi connectivity index (χ3n) is 1.37. The number of halogens is 3. The lowest BCUT2D eigenvalue weighted by molar-refractivity contribution is 0.0786. The topological polar surface area (TPSA) is 75.1 Å². The summed E-state index contributed by atoms with van der Waals surface area (Å²) in [6.07, 6.45) is 2.34. The molecule has 1 aromatic heterocycles. The summed E-state index contributed by atoms with van der Waals surface area (Å²) in [5.74, 6) is -0.679. The molecule has 1 amide bonds. The summed E-state index contributed by atoms with van der Waals surface area (Å²) in [5.41, 5.74) is 0.0193. The van der Waals surface area contributed by atoms with Crippen LogP contribution in [0.3, 0.4) is 0 Å². The van der Waals surface area contributed by atoms with Gasteiger partial charge in [0.1, 0.15) is 5.69 Å². The van der Waals surface area contributed by atoms with Gasteiger partial charge in [0, 0.05) is 12.4 Å². The predicted octanol–water partition coefficient (Wildman–Crippen LogP) is 0.895. The van der Waals surface area contributed by atoms with Gasteiger partial charge >= 0.3 is 0 Å². The van der Waals surface area contributed by atoms with Crippen molar-refractivity contribution in [1.82, 2.24) is 15.3 Å². The van der Waals surface area contributed by atoms with E-state index < -0.39 is 15.9 Å². The smallest absolute Gasteiger partial charge is 0.273 e. The van der Waals surface area contributed by atoms with Gasteiger partial charge in [-0.15, -0.1) is 0 Å². The first-order valence-corrected chi connectivity index (χ1v) is 4.86. The van der Waals surface area contributed by atoms with E-state index in [1.54, 1.807) is 0 Å². The molecule has 0 fully saturated rings. The van der Waals surface area contributed by atoms with E-state index in [2.05, 4.69) is 15.3 Å². The van der Waals surface area contributed by atoms with E-state index in [0.717, 1.165) is 0 Å². The number of aliphatic hydroxyl groups excluding tert-OH is 1. The number of hydrogen-bond acceptors (Lipinski definition) is 4. The Morgan fingerprint density at radius 2 is 2.13 bits per heavy atom. The average molecular weight is 271 g/mol. The Morgan fingerprint density at radius 3 is 2.60 bits per heavy atom. The van der Waals surface area contributed by atoms with Crippen LogP contribution in [0.25, 0.3) is 0 Å². The monoisotopic (exact) mass is 269 g/mol. The second-order valence-electron chi connectivity index (χ2n) is 2.51. The first-order valence-electron chi connectivity index (χ1n) is 3.73. The fourth-order valence-corrected chi connectivity index (χ4v) is 0.860. The van der Waals surface area contributed by atoms with Gasteiger partial charge in [-0.3, -0.25) is 9.78 Å².